The van der Waals surface area contributed by atoms with E-state index in [0.29, 0.717) is 12.0 Å². The molecule has 0 saturated heterocycles. The molecule has 0 aromatic heterocycles. The third-order valence-electron chi connectivity index (χ3n) is 3.68. The summed E-state index contributed by atoms with van der Waals surface area (Å²) in [6.07, 6.45) is 5.00. The molecule has 0 bridgehead atoms. The maximum absolute atomic E-state index is 10.4. The van der Waals surface area contributed by atoms with E-state index in [-0.39, 0.29) is 0 Å². The summed E-state index contributed by atoms with van der Waals surface area (Å²) in [5, 5.41) is 13.8. The summed E-state index contributed by atoms with van der Waals surface area (Å²) in [6, 6.07) is 0.456. The van der Waals surface area contributed by atoms with Crippen molar-refractivity contribution >= 4 is 0 Å². The minimum absolute atomic E-state index is 0.456. The number of aliphatic hydroxyl groups is 1. The van der Waals surface area contributed by atoms with Gasteiger partial charge in [0.1, 0.15) is 0 Å². The molecule has 1 saturated carbocycles. The summed E-state index contributed by atoms with van der Waals surface area (Å²) in [5.74, 6) is 1.27. The fourth-order valence-corrected chi connectivity index (χ4v) is 2.55. The lowest BCUT2D eigenvalue weighted by Crippen LogP contribution is -2.47. The highest BCUT2D eigenvalue weighted by Crippen LogP contribution is 2.35. The van der Waals surface area contributed by atoms with Crippen LogP contribution in [0.2, 0.25) is 0 Å². The van der Waals surface area contributed by atoms with Gasteiger partial charge in [-0.05, 0) is 31.6 Å². The van der Waals surface area contributed by atoms with Crippen LogP contribution >= 0.6 is 0 Å². The first-order valence-corrected chi connectivity index (χ1v) is 6.37. The topological polar surface area (TPSA) is 32.3 Å². The minimum Gasteiger partial charge on any atom is -0.389 e. The predicted octanol–water partition coefficient (Wildman–Crippen LogP) is 2.56. The van der Waals surface area contributed by atoms with Crippen LogP contribution in [0.4, 0.5) is 0 Å². The molecule has 0 amide bonds. The molecule has 3 unspecified atom stereocenters. The zero-order chi connectivity index (χ0) is 11.5. The smallest absolute Gasteiger partial charge is 0.0771 e. The normalized spacial score (nSPS) is 31.6. The fraction of sp³-hybridized carbons (Fsp3) is 1.00. The van der Waals surface area contributed by atoms with E-state index in [2.05, 4.69) is 26.1 Å². The van der Waals surface area contributed by atoms with E-state index in [1.165, 1.54) is 25.7 Å². The Morgan fingerprint density at radius 2 is 2.07 bits per heavy atom. The van der Waals surface area contributed by atoms with Crippen LogP contribution in [0.25, 0.3) is 0 Å². The van der Waals surface area contributed by atoms with Crippen LogP contribution in [-0.4, -0.2) is 23.3 Å². The van der Waals surface area contributed by atoms with Gasteiger partial charge in [-0.25, -0.2) is 0 Å². The van der Waals surface area contributed by atoms with Crippen molar-refractivity contribution in [3.8, 4) is 0 Å². The largest absolute Gasteiger partial charge is 0.389 e. The second kappa shape index (κ2) is 5.31. The zero-order valence-corrected chi connectivity index (χ0v) is 10.7. The molecular formula is C13H27NO. The molecule has 15 heavy (non-hydrogen) atoms. The number of rotatable bonds is 4. The molecule has 90 valence electrons. The van der Waals surface area contributed by atoms with Crippen LogP contribution in [0.5, 0.6) is 0 Å². The Morgan fingerprint density at radius 3 is 2.60 bits per heavy atom. The highest BCUT2D eigenvalue weighted by Gasteiger charge is 2.34. The van der Waals surface area contributed by atoms with Crippen molar-refractivity contribution in [1.82, 2.24) is 5.32 Å². The molecule has 1 aliphatic carbocycles. The predicted molar refractivity (Wildman–Crippen MR) is 64.9 cm³/mol. The van der Waals surface area contributed by atoms with E-state index in [4.69, 9.17) is 0 Å². The van der Waals surface area contributed by atoms with Crippen molar-refractivity contribution in [3.05, 3.63) is 0 Å². The molecule has 0 aliphatic heterocycles. The van der Waals surface area contributed by atoms with Gasteiger partial charge in [-0.1, -0.05) is 33.6 Å². The SMILES string of the molecule is CC1CCCC(C(C)(O)CNC(C)C)C1. The van der Waals surface area contributed by atoms with Gasteiger partial charge in [-0.15, -0.1) is 0 Å². The van der Waals surface area contributed by atoms with Gasteiger partial charge in [0.05, 0.1) is 5.60 Å². The zero-order valence-electron chi connectivity index (χ0n) is 10.7. The first kappa shape index (κ1) is 13.0. The molecule has 2 heteroatoms. The van der Waals surface area contributed by atoms with Gasteiger partial charge < -0.3 is 10.4 Å². The van der Waals surface area contributed by atoms with Gasteiger partial charge in [0, 0.05) is 12.6 Å². The molecule has 0 spiro atoms. The van der Waals surface area contributed by atoms with E-state index in [0.717, 1.165) is 12.5 Å². The first-order chi connectivity index (χ1) is 6.92. The molecular weight excluding hydrogens is 186 g/mol. The van der Waals surface area contributed by atoms with Crippen LogP contribution in [0.1, 0.15) is 53.4 Å². The van der Waals surface area contributed by atoms with Gasteiger partial charge in [0.25, 0.3) is 0 Å². The maximum atomic E-state index is 10.4. The standard InChI is InChI=1S/C13H27NO/c1-10(2)14-9-13(4,15)12-7-5-6-11(3)8-12/h10-12,14-15H,5-9H2,1-4H3. The summed E-state index contributed by atoms with van der Waals surface area (Å²) >= 11 is 0. The Morgan fingerprint density at radius 1 is 1.40 bits per heavy atom. The molecule has 1 rings (SSSR count). The van der Waals surface area contributed by atoms with Crippen molar-refractivity contribution in [2.45, 2.75) is 65.0 Å². The number of hydrogen-bond acceptors (Lipinski definition) is 2. The van der Waals surface area contributed by atoms with E-state index in [1.54, 1.807) is 0 Å². The van der Waals surface area contributed by atoms with Crippen LogP contribution in [0.15, 0.2) is 0 Å². The number of hydrogen-bond donors (Lipinski definition) is 2. The lowest BCUT2D eigenvalue weighted by Gasteiger charge is -2.38. The van der Waals surface area contributed by atoms with Crippen molar-refractivity contribution in [2.75, 3.05) is 6.54 Å². The molecule has 1 aliphatic rings. The van der Waals surface area contributed by atoms with Crippen molar-refractivity contribution < 1.29 is 5.11 Å². The molecule has 2 nitrogen and oxygen atoms in total. The molecule has 0 aromatic rings. The van der Waals surface area contributed by atoms with Gasteiger partial charge in [-0.2, -0.15) is 0 Å². The Hall–Kier alpha value is -0.0800. The highest BCUT2D eigenvalue weighted by atomic mass is 16.3. The van der Waals surface area contributed by atoms with Crippen LogP contribution in [0.3, 0.4) is 0 Å². The molecule has 2 N–H and O–H groups in total. The van der Waals surface area contributed by atoms with E-state index < -0.39 is 5.60 Å². The first-order valence-electron chi connectivity index (χ1n) is 6.37. The molecule has 0 radical (unpaired) electrons. The fourth-order valence-electron chi connectivity index (χ4n) is 2.55. The average Bonchev–Trinajstić information content (AvgIpc) is 2.15. The lowest BCUT2D eigenvalue weighted by molar-refractivity contribution is -0.0241. The van der Waals surface area contributed by atoms with Crippen LogP contribution in [0, 0.1) is 11.8 Å². The Kier molecular flexibility index (Phi) is 4.60. The van der Waals surface area contributed by atoms with Crippen LogP contribution in [-0.2, 0) is 0 Å². The molecule has 3 atom stereocenters. The van der Waals surface area contributed by atoms with E-state index >= 15 is 0 Å². The molecule has 0 aromatic carbocycles. The number of nitrogens with one attached hydrogen (secondary N) is 1. The lowest BCUT2D eigenvalue weighted by atomic mass is 9.74. The van der Waals surface area contributed by atoms with Crippen molar-refractivity contribution in [1.29, 1.82) is 0 Å². The Bertz CT molecular complexity index is 189. The summed E-state index contributed by atoms with van der Waals surface area (Å²) in [7, 11) is 0. The summed E-state index contributed by atoms with van der Waals surface area (Å²) in [6.45, 7) is 9.27. The van der Waals surface area contributed by atoms with Gasteiger partial charge >= 0.3 is 0 Å². The highest BCUT2D eigenvalue weighted by molar-refractivity contribution is 4.88. The quantitative estimate of drug-likeness (QED) is 0.752. The van der Waals surface area contributed by atoms with Crippen molar-refractivity contribution in [2.24, 2.45) is 11.8 Å². The average molecular weight is 213 g/mol. The summed E-state index contributed by atoms with van der Waals surface area (Å²) < 4.78 is 0. The van der Waals surface area contributed by atoms with Gasteiger partial charge in [0.15, 0.2) is 0 Å². The van der Waals surface area contributed by atoms with Crippen molar-refractivity contribution in [3.63, 3.8) is 0 Å². The van der Waals surface area contributed by atoms with Gasteiger partial charge in [-0.3, -0.25) is 0 Å². The molecule has 1 fully saturated rings. The summed E-state index contributed by atoms with van der Waals surface area (Å²) in [5.41, 5.74) is -0.529. The summed E-state index contributed by atoms with van der Waals surface area (Å²) in [4.78, 5) is 0. The Balaban J connectivity index is 2.44. The monoisotopic (exact) mass is 213 g/mol. The van der Waals surface area contributed by atoms with E-state index in [9.17, 15) is 5.11 Å². The van der Waals surface area contributed by atoms with Gasteiger partial charge in [0.2, 0.25) is 0 Å². The maximum Gasteiger partial charge on any atom is 0.0771 e. The second-order valence-electron chi connectivity index (χ2n) is 5.86. The van der Waals surface area contributed by atoms with Crippen LogP contribution < -0.4 is 5.32 Å². The Labute approximate surface area is 94.5 Å². The second-order valence-corrected chi connectivity index (χ2v) is 5.86. The third-order valence-corrected chi connectivity index (χ3v) is 3.68. The molecule has 0 heterocycles. The third kappa shape index (κ3) is 4.12. The van der Waals surface area contributed by atoms with E-state index in [1.807, 2.05) is 6.92 Å². The minimum atomic E-state index is -0.529.